The highest BCUT2D eigenvalue weighted by Crippen LogP contribution is 2.66. The third kappa shape index (κ3) is 2.13. The smallest absolute Gasteiger partial charge is 0.155 e. The van der Waals surface area contributed by atoms with E-state index in [9.17, 15) is 15.0 Å². The number of fused-ring (bicyclic) bond motifs is 5. The van der Waals surface area contributed by atoms with Crippen molar-refractivity contribution in [1.82, 2.24) is 0 Å². The first-order valence-corrected chi connectivity index (χ1v) is 9.87. The Hall–Kier alpha value is -0.670. The summed E-state index contributed by atoms with van der Waals surface area (Å²) < 4.78 is 0. The van der Waals surface area contributed by atoms with E-state index in [4.69, 9.17) is 0 Å². The Bertz CT molecular complexity index is 580. The van der Waals surface area contributed by atoms with Gasteiger partial charge in [-0.2, -0.15) is 0 Å². The van der Waals surface area contributed by atoms with Crippen LogP contribution in [0.15, 0.2) is 11.6 Å². The molecule has 3 fully saturated rings. The molecule has 0 radical (unpaired) electrons. The number of hydrogen-bond acceptors (Lipinski definition) is 3. The summed E-state index contributed by atoms with van der Waals surface area (Å²) in [7, 11) is 0. The fourth-order valence-electron chi connectivity index (χ4n) is 7.52. The molecule has 0 saturated heterocycles. The summed E-state index contributed by atoms with van der Waals surface area (Å²) >= 11 is 0. The van der Waals surface area contributed by atoms with Gasteiger partial charge in [-0.25, -0.2) is 0 Å². The first kappa shape index (κ1) is 16.8. The van der Waals surface area contributed by atoms with Crippen LogP contribution in [0.5, 0.6) is 0 Å². The van der Waals surface area contributed by atoms with Crippen molar-refractivity contribution in [3.8, 4) is 0 Å². The highest BCUT2D eigenvalue weighted by atomic mass is 16.3. The lowest BCUT2D eigenvalue weighted by atomic mass is 9.46. The number of carbonyl (C=O) groups is 1. The number of aliphatic hydroxyl groups is 2. The number of carbonyl (C=O) groups excluding carboxylic acids is 1. The van der Waals surface area contributed by atoms with Gasteiger partial charge in [0.2, 0.25) is 0 Å². The summed E-state index contributed by atoms with van der Waals surface area (Å²) in [6, 6.07) is 0. The highest BCUT2D eigenvalue weighted by Gasteiger charge is 2.62. The number of hydrogen-bond donors (Lipinski definition) is 2. The molecule has 0 aromatic carbocycles. The summed E-state index contributed by atoms with van der Waals surface area (Å²) in [5.74, 6) is 2.03. The van der Waals surface area contributed by atoms with Crippen LogP contribution < -0.4 is 0 Å². The first-order valence-electron chi connectivity index (χ1n) is 9.87. The molecule has 0 bridgehead atoms. The van der Waals surface area contributed by atoms with E-state index >= 15 is 0 Å². The van der Waals surface area contributed by atoms with Crippen LogP contribution in [0.1, 0.15) is 65.7 Å². The average molecular weight is 332 g/mol. The van der Waals surface area contributed by atoms with E-state index in [1.54, 1.807) is 0 Å². The van der Waals surface area contributed by atoms with Crippen LogP contribution in [0.2, 0.25) is 0 Å². The van der Waals surface area contributed by atoms with Gasteiger partial charge in [0.05, 0.1) is 12.2 Å². The van der Waals surface area contributed by atoms with Crippen molar-refractivity contribution in [2.75, 3.05) is 0 Å². The van der Waals surface area contributed by atoms with Crippen molar-refractivity contribution in [3.05, 3.63) is 11.6 Å². The van der Waals surface area contributed by atoms with Crippen LogP contribution in [0.25, 0.3) is 0 Å². The van der Waals surface area contributed by atoms with E-state index in [2.05, 4.69) is 13.8 Å². The van der Waals surface area contributed by atoms with Crippen LogP contribution in [0, 0.1) is 34.5 Å². The Morgan fingerprint density at radius 1 is 1.21 bits per heavy atom. The number of rotatable bonds is 1. The minimum atomic E-state index is -0.308. The molecule has 8 atom stereocenters. The summed E-state index contributed by atoms with van der Waals surface area (Å²) in [4.78, 5) is 11.9. The molecule has 134 valence electrons. The predicted octanol–water partition coefficient (Wildman–Crippen LogP) is 3.49. The second kappa shape index (κ2) is 5.41. The Balaban J connectivity index is 1.71. The maximum absolute atomic E-state index is 11.9. The molecule has 4 aliphatic carbocycles. The number of aliphatic hydroxyl groups excluding tert-OH is 2. The molecule has 24 heavy (non-hydrogen) atoms. The van der Waals surface area contributed by atoms with Crippen LogP contribution in [-0.2, 0) is 4.79 Å². The van der Waals surface area contributed by atoms with Crippen molar-refractivity contribution < 1.29 is 15.0 Å². The standard InChI is InChI=1S/C21H32O3/c1-12(22)16-6-7-17-15-5-4-13-10-14(23)8-9-20(13,2)19(15)18(24)11-21(16,17)3/h10,12,15-19,22,24H,4-9,11H2,1-3H3/t12-,15-,16+,17-,18+,19+,20+,21-/m1/s1. The Kier molecular flexibility index (Phi) is 3.78. The molecule has 0 spiro atoms. The van der Waals surface area contributed by atoms with Crippen molar-refractivity contribution in [2.45, 2.75) is 77.9 Å². The van der Waals surface area contributed by atoms with E-state index in [0.29, 0.717) is 24.2 Å². The minimum Gasteiger partial charge on any atom is -0.393 e. The molecule has 0 heterocycles. The summed E-state index contributed by atoms with van der Waals surface area (Å²) in [5, 5.41) is 21.5. The molecule has 2 N–H and O–H groups in total. The van der Waals surface area contributed by atoms with E-state index in [0.717, 1.165) is 32.1 Å². The Labute approximate surface area is 145 Å². The topological polar surface area (TPSA) is 57.5 Å². The van der Waals surface area contributed by atoms with Gasteiger partial charge in [0.25, 0.3) is 0 Å². The fourth-order valence-corrected chi connectivity index (χ4v) is 7.52. The Morgan fingerprint density at radius 2 is 1.96 bits per heavy atom. The van der Waals surface area contributed by atoms with Crippen LogP contribution in [0.4, 0.5) is 0 Å². The molecule has 0 aromatic rings. The maximum Gasteiger partial charge on any atom is 0.155 e. The Morgan fingerprint density at radius 3 is 2.67 bits per heavy atom. The molecule has 0 amide bonds. The van der Waals surface area contributed by atoms with E-state index in [-0.39, 0.29) is 34.7 Å². The fraction of sp³-hybridized carbons (Fsp3) is 0.857. The second-order valence-electron chi connectivity index (χ2n) is 9.59. The van der Waals surface area contributed by atoms with Gasteiger partial charge >= 0.3 is 0 Å². The minimum absolute atomic E-state index is 0.000487. The van der Waals surface area contributed by atoms with Crippen molar-refractivity contribution in [3.63, 3.8) is 0 Å². The van der Waals surface area contributed by atoms with Crippen LogP contribution >= 0.6 is 0 Å². The quantitative estimate of drug-likeness (QED) is 0.773. The molecule has 3 nitrogen and oxygen atoms in total. The van der Waals surface area contributed by atoms with Gasteiger partial charge in [-0.3, -0.25) is 4.79 Å². The monoisotopic (exact) mass is 332 g/mol. The van der Waals surface area contributed by atoms with Crippen LogP contribution in [0.3, 0.4) is 0 Å². The molecule has 3 heteroatoms. The highest BCUT2D eigenvalue weighted by molar-refractivity contribution is 5.91. The van der Waals surface area contributed by atoms with Crippen molar-refractivity contribution in [2.24, 2.45) is 34.5 Å². The van der Waals surface area contributed by atoms with E-state index in [1.165, 1.54) is 12.0 Å². The zero-order chi connectivity index (χ0) is 17.3. The van der Waals surface area contributed by atoms with Gasteiger partial charge in [-0.1, -0.05) is 19.4 Å². The third-order valence-corrected chi connectivity index (χ3v) is 8.55. The van der Waals surface area contributed by atoms with E-state index < -0.39 is 0 Å². The van der Waals surface area contributed by atoms with Crippen molar-refractivity contribution >= 4 is 5.78 Å². The molecule has 3 saturated carbocycles. The summed E-state index contributed by atoms with van der Waals surface area (Å²) in [5.41, 5.74) is 1.37. The van der Waals surface area contributed by atoms with E-state index in [1.807, 2.05) is 13.0 Å². The molecular weight excluding hydrogens is 300 g/mol. The predicted molar refractivity (Wildman–Crippen MR) is 93.3 cm³/mol. The molecule has 0 unspecified atom stereocenters. The largest absolute Gasteiger partial charge is 0.393 e. The lowest BCUT2D eigenvalue weighted by molar-refractivity contribution is -0.140. The zero-order valence-corrected chi connectivity index (χ0v) is 15.3. The van der Waals surface area contributed by atoms with Gasteiger partial charge in [-0.15, -0.1) is 0 Å². The van der Waals surface area contributed by atoms with Crippen LogP contribution in [-0.4, -0.2) is 28.2 Å². The molecule has 4 rings (SSSR count). The summed E-state index contributed by atoms with van der Waals surface area (Å²) in [6.45, 7) is 6.54. The average Bonchev–Trinajstić information content (AvgIpc) is 2.84. The van der Waals surface area contributed by atoms with Crippen molar-refractivity contribution in [1.29, 1.82) is 0 Å². The maximum atomic E-state index is 11.9. The van der Waals surface area contributed by atoms with Gasteiger partial charge < -0.3 is 10.2 Å². The molecule has 4 aliphatic rings. The first-order chi connectivity index (χ1) is 11.3. The molecular formula is C21H32O3. The lowest BCUT2D eigenvalue weighted by Gasteiger charge is -2.60. The van der Waals surface area contributed by atoms with Gasteiger partial charge in [-0.05, 0) is 86.0 Å². The van der Waals surface area contributed by atoms with Gasteiger partial charge in [0.15, 0.2) is 5.78 Å². The number of ketones is 1. The molecule has 0 aliphatic heterocycles. The zero-order valence-electron chi connectivity index (χ0n) is 15.3. The molecule has 0 aromatic heterocycles. The van der Waals surface area contributed by atoms with Gasteiger partial charge in [0.1, 0.15) is 0 Å². The third-order valence-electron chi connectivity index (χ3n) is 8.55. The lowest BCUT2D eigenvalue weighted by Crippen LogP contribution is -2.57. The van der Waals surface area contributed by atoms with Gasteiger partial charge in [0, 0.05) is 6.42 Å². The second-order valence-corrected chi connectivity index (χ2v) is 9.59. The number of allylic oxidation sites excluding steroid dienone is 1. The normalized spacial score (nSPS) is 52.1. The SMILES string of the molecule is C[C@@H](O)[C@@H]1CC[C@@H]2[C@H]3CCC4=CC(=O)CC[C@]4(C)[C@@H]3[C@@H](O)C[C@@]21C. The summed E-state index contributed by atoms with van der Waals surface area (Å²) in [6.07, 6.45) is 8.04.